The highest BCUT2D eigenvalue weighted by Crippen LogP contribution is 2.42. The maximum absolute atomic E-state index is 13.0. The number of carbonyl (C=O) groups excluding carboxylic acids is 2. The maximum atomic E-state index is 13.0. The summed E-state index contributed by atoms with van der Waals surface area (Å²) in [5.74, 6) is -0.452. The fraction of sp³-hybridized carbons (Fsp3) is 0.438. The number of anilines is 1. The lowest BCUT2D eigenvalue weighted by Crippen LogP contribution is -2.41. The minimum atomic E-state index is -0.465. The molecule has 23 heavy (non-hydrogen) atoms. The molecular formula is C16H20N4O2S. The van der Waals surface area contributed by atoms with Gasteiger partial charge >= 0.3 is 0 Å². The number of thiophene rings is 1. The molecule has 7 heteroatoms. The Morgan fingerprint density at radius 3 is 2.78 bits per heavy atom. The van der Waals surface area contributed by atoms with Crippen LogP contribution in [-0.4, -0.2) is 21.6 Å². The fourth-order valence-corrected chi connectivity index (χ4v) is 4.20. The average Bonchev–Trinajstić information content (AvgIpc) is 3.19. The molecule has 1 fully saturated rings. The van der Waals surface area contributed by atoms with E-state index in [0.29, 0.717) is 5.69 Å². The molecule has 0 unspecified atom stereocenters. The second-order valence-electron chi connectivity index (χ2n) is 5.97. The average molecular weight is 332 g/mol. The molecule has 0 bridgehead atoms. The normalized spacial score (nSPS) is 16.9. The first kappa shape index (κ1) is 15.7. The number of carbonyl (C=O) groups is 2. The van der Waals surface area contributed by atoms with Gasteiger partial charge in [-0.3, -0.25) is 14.3 Å². The molecule has 0 aromatic carbocycles. The fourth-order valence-electron chi connectivity index (χ4n) is 3.22. The molecule has 2 aromatic heterocycles. The van der Waals surface area contributed by atoms with Crippen molar-refractivity contribution in [1.82, 2.24) is 9.78 Å². The monoisotopic (exact) mass is 332 g/mol. The largest absolute Gasteiger partial charge is 0.368 e. The minimum Gasteiger partial charge on any atom is -0.368 e. The number of nitrogens with zero attached hydrogens (tertiary/aromatic N) is 2. The van der Waals surface area contributed by atoms with E-state index in [-0.39, 0.29) is 12.5 Å². The zero-order valence-corrected chi connectivity index (χ0v) is 13.6. The molecule has 0 spiro atoms. The van der Waals surface area contributed by atoms with Crippen LogP contribution < -0.4 is 11.1 Å². The maximum Gasteiger partial charge on any atom is 0.239 e. The summed E-state index contributed by atoms with van der Waals surface area (Å²) in [5.41, 5.74) is 5.30. The van der Waals surface area contributed by atoms with E-state index in [4.69, 9.17) is 5.73 Å². The molecule has 3 rings (SSSR count). The number of rotatable bonds is 5. The Balaban J connectivity index is 1.79. The standard InChI is InChI=1S/C16H20N4O2S/c17-14(21)11-20-10-12(9-18-20)19-15(22)16(6-2-1-3-7-16)13-5-4-8-23-13/h4-5,8-10H,1-3,6-7,11H2,(H2,17,21)(H,19,22). The first-order valence-electron chi connectivity index (χ1n) is 7.76. The Labute approximate surface area is 138 Å². The molecule has 3 N–H and O–H groups in total. The van der Waals surface area contributed by atoms with Gasteiger partial charge in [0.1, 0.15) is 6.54 Å². The van der Waals surface area contributed by atoms with E-state index in [1.54, 1.807) is 23.7 Å². The third-order valence-electron chi connectivity index (χ3n) is 4.34. The molecule has 1 saturated carbocycles. The number of hydrogen-bond acceptors (Lipinski definition) is 4. The summed E-state index contributed by atoms with van der Waals surface area (Å²) >= 11 is 1.64. The van der Waals surface area contributed by atoms with Gasteiger partial charge in [0.15, 0.2) is 0 Å². The van der Waals surface area contributed by atoms with Crippen LogP contribution in [0.4, 0.5) is 5.69 Å². The van der Waals surface area contributed by atoms with Gasteiger partial charge in [-0.05, 0) is 24.3 Å². The molecule has 1 aliphatic carbocycles. The predicted molar refractivity (Wildman–Crippen MR) is 89.1 cm³/mol. The summed E-state index contributed by atoms with van der Waals surface area (Å²) in [5, 5.41) is 9.03. The lowest BCUT2D eigenvalue weighted by atomic mass is 9.72. The van der Waals surface area contributed by atoms with E-state index >= 15 is 0 Å². The van der Waals surface area contributed by atoms with E-state index < -0.39 is 11.3 Å². The Morgan fingerprint density at radius 2 is 2.13 bits per heavy atom. The van der Waals surface area contributed by atoms with Gasteiger partial charge in [-0.25, -0.2) is 0 Å². The van der Waals surface area contributed by atoms with Gasteiger partial charge in [-0.15, -0.1) is 11.3 Å². The first-order chi connectivity index (χ1) is 11.1. The summed E-state index contributed by atoms with van der Waals surface area (Å²) in [4.78, 5) is 25.0. The van der Waals surface area contributed by atoms with Gasteiger partial charge < -0.3 is 11.1 Å². The minimum absolute atomic E-state index is 0.00589. The van der Waals surface area contributed by atoms with Crippen LogP contribution in [0, 0.1) is 0 Å². The lowest BCUT2D eigenvalue weighted by Gasteiger charge is -2.34. The molecule has 0 radical (unpaired) electrons. The molecular weight excluding hydrogens is 312 g/mol. The van der Waals surface area contributed by atoms with Crippen molar-refractivity contribution in [3.8, 4) is 0 Å². The quantitative estimate of drug-likeness (QED) is 0.880. The Kier molecular flexibility index (Phi) is 4.47. The molecule has 2 aromatic rings. The van der Waals surface area contributed by atoms with Crippen LogP contribution in [-0.2, 0) is 21.5 Å². The molecule has 2 heterocycles. The lowest BCUT2D eigenvalue weighted by molar-refractivity contribution is -0.122. The molecule has 1 aliphatic rings. The van der Waals surface area contributed by atoms with Gasteiger partial charge in [0.25, 0.3) is 0 Å². The highest BCUT2D eigenvalue weighted by Gasteiger charge is 2.42. The highest BCUT2D eigenvalue weighted by molar-refractivity contribution is 7.10. The van der Waals surface area contributed by atoms with Gasteiger partial charge in [0.05, 0.1) is 17.3 Å². The molecule has 0 aliphatic heterocycles. The topological polar surface area (TPSA) is 90.0 Å². The van der Waals surface area contributed by atoms with Crippen molar-refractivity contribution >= 4 is 28.8 Å². The first-order valence-corrected chi connectivity index (χ1v) is 8.64. The van der Waals surface area contributed by atoms with Crippen LogP contribution in [0.2, 0.25) is 0 Å². The molecule has 122 valence electrons. The van der Waals surface area contributed by atoms with Crippen LogP contribution in [0.5, 0.6) is 0 Å². The third kappa shape index (κ3) is 3.29. The number of hydrogen-bond donors (Lipinski definition) is 2. The second-order valence-corrected chi connectivity index (χ2v) is 6.91. The SMILES string of the molecule is NC(=O)Cn1cc(NC(=O)C2(c3cccs3)CCCCC2)cn1. The number of primary amides is 1. The van der Waals surface area contributed by atoms with Crippen molar-refractivity contribution in [2.45, 2.75) is 44.1 Å². The second kappa shape index (κ2) is 6.54. The number of aromatic nitrogens is 2. The van der Waals surface area contributed by atoms with Crippen LogP contribution in [0.25, 0.3) is 0 Å². The van der Waals surface area contributed by atoms with Crippen molar-refractivity contribution in [2.24, 2.45) is 5.73 Å². The zero-order chi connectivity index (χ0) is 16.3. The smallest absolute Gasteiger partial charge is 0.239 e. The highest BCUT2D eigenvalue weighted by atomic mass is 32.1. The van der Waals surface area contributed by atoms with E-state index in [1.807, 2.05) is 17.5 Å². The summed E-state index contributed by atoms with van der Waals surface area (Å²) in [6.07, 6.45) is 8.22. The van der Waals surface area contributed by atoms with Crippen molar-refractivity contribution < 1.29 is 9.59 Å². The Morgan fingerprint density at radius 1 is 1.35 bits per heavy atom. The molecule has 6 nitrogen and oxygen atoms in total. The van der Waals surface area contributed by atoms with Crippen LogP contribution in [0.1, 0.15) is 37.0 Å². The van der Waals surface area contributed by atoms with E-state index in [1.165, 1.54) is 11.1 Å². The zero-order valence-electron chi connectivity index (χ0n) is 12.8. The Hall–Kier alpha value is -2.15. The van der Waals surface area contributed by atoms with Gasteiger partial charge in [0, 0.05) is 11.1 Å². The van der Waals surface area contributed by atoms with Crippen molar-refractivity contribution in [1.29, 1.82) is 0 Å². The van der Waals surface area contributed by atoms with Crippen molar-refractivity contribution in [2.75, 3.05) is 5.32 Å². The van der Waals surface area contributed by atoms with E-state index in [2.05, 4.69) is 10.4 Å². The van der Waals surface area contributed by atoms with E-state index in [9.17, 15) is 9.59 Å². The summed E-state index contributed by atoms with van der Waals surface area (Å²) in [6, 6.07) is 4.04. The number of nitrogens with one attached hydrogen (secondary N) is 1. The van der Waals surface area contributed by atoms with Gasteiger partial charge in [-0.2, -0.15) is 5.10 Å². The van der Waals surface area contributed by atoms with Crippen LogP contribution in [0.3, 0.4) is 0 Å². The van der Waals surface area contributed by atoms with E-state index in [0.717, 1.165) is 30.6 Å². The Bertz CT molecular complexity index is 687. The molecule has 0 atom stereocenters. The van der Waals surface area contributed by atoms with Gasteiger partial charge in [0.2, 0.25) is 11.8 Å². The van der Waals surface area contributed by atoms with Crippen LogP contribution >= 0.6 is 11.3 Å². The molecule has 0 saturated heterocycles. The predicted octanol–water partition coefficient (Wildman–Crippen LogP) is 2.27. The van der Waals surface area contributed by atoms with Gasteiger partial charge in [-0.1, -0.05) is 25.3 Å². The number of amides is 2. The van der Waals surface area contributed by atoms with Crippen LogP contribution in [0.15, 0.2) is 29.9 Å². The number of nitrogens with two attached hydrogens (primary N) is 1. The van der Waals surface area contributed by atoms with Crippen molar-refractivity contribution in [3.05, 3.63) is 34.8 Å². The summed E-state index contributed by atoms with van der Waals surface area (Å²) in [7, 11) is 0. The summed E-state index contributed by atoms with van der Waals surface area (Å²) < 4.78 is 1.43. The third-order valence-corrected chi connectivity index (χ3v) is 5.42. The van der Waals surface area contributed by atoms with Crippen molar-refractivity contribution in [3.63, 3.8) is 0 Å². The summed E-state index contributed by atoms with van der Waals surface area (Å²) in [6.45, 7) is 0.00589. The molecule has 2 amide bonds.